The van der Waals surface area contributed by atoms with Crippen molar-refractivity contribution in [3.8, 4) is 0 Å². The second kappa shape index (κ2) is 6.89. The summed E-state index contributed by atoms with van der Waals surface area (Å²) in [5, 5.41) is 5.36. The molecular weight excluding hydrogens is 276 g/mol. The molecule has 3 unspecified atom stereocenters. The van der Waals surface area contributed by atoms with Gasteiger partial charge in [-0.2, -0.15) is 5.10 Å². The Hall–Kier alpha value is -0.620. The van der Waals surface area contributed by atoms with E-state index in [1.807, 2.05) is 4.68 Å². The average Bonchev–Trinajstić information content (AvgIpc) is 3.00. The van der Waals surface area contributed by atoms with Gasteiger partial charge in [-0.3, -0.25) is 16.0 Å². The van der Waals surface area contributed by atoms with Crippen molar-refractivity contribution in [1.82, 2.24) is 15.2 Å². The first-order chi connectivity index (χ1) is 9.62. The zero-order valence-corrected chi connectivity index (χ0v) is 13.3. The van der Waals surface area contributed by atoms with Gasteiger partial charge in [0.15, 0.2) is 0 Å². The summed E-state index contributed by atoms with van der Waals surface area (Å²) in [5.74, 6) is 6.18. The van der Waals surface area contributed by atoms with E-state index in [1.54, 1.807) is 0 Å². The first kappa shape index (κ1) is 15.8. The Bertz CT molecular complexity index is 449. The molecule has 20 heavy (non-hydrogen) atoms. The predicted octanol–water partition coefficient (Wildman–Crippen LogP) is 1.92. The molecule has 3 atom stereocenters. The maximum atomic E-state index is 6.47. The lowest BCUT2D eigenvalue weighted by Crippen LogP contribution is -2.45. The van der Waals surface area contributed by atoms with Crippen LogP contribution in [-0.4, -0.2) is 28.5 Å². The van der Waals surface area contributed by atoms with Crippen LogP contribution in [0.5, 0.6) is 0 Å². The Morgan fingerprint density at radius 3 is 2.80 bits per heavy atom. The van der Waals surface area contributed by atoms with Gasteiger partial charge in [-0.15, -0.1) is 0 Å². The highest BCUT2D eigenvalue weighted by Crippen LogP contribution is 2.29. The lowest BCUT2D eigenvalue weighted by molar-refractivity contribution is 0.0951. The van der Waals surface area contributed by atoms with Crippen molar-refractivity contribution in [2.75, 3.05) is 6.61 Å². The van der Waals surface area contributed by atoms with Crippen molar-refractivity contribution >= 4 is 11.6 Å². The van der Waals surface area contributed by atoms with Crippen molar-refractivity contribution in [2.45, 2.75) is 58.7 Å². The number of aromatic nitrogens is 2. The molecule has 6 heteroatoms. The highest BCUT2D eigenvalue weighted by molar-refractivity contribution is 6.31. The molecule has 2 heterocycles. The Balaban J connectivity index is 2.20. The molecule has 1 aliphatic heterocycles. The molecule has 0 aromatic carbocycles. The lowest BCUT2D eigenvalue weighted by Gasteiger charge is -2.25. The Morgan fingerprint density at radius 1 is 1.55 bits per heavy atom. The molecule has 0 bridgehead atoms. The fourth-order valence-electron chi connectivity index (χ4n) is 3.03. The molecule has 1 aromatic heterocycles. The van der Waals surface area contributed by atoms with Gasteiger partial charge in [0.1, 0.15) is 0 Å². The molecular formula is C14H25ClN4O. The van der Waals surface area contributed by atoms with Crippen LogP contribution in [0.1, 0.15) is 38.6 Å². The number of rotatable bonds is 6. The monoisotopic (exact) mass is 300 g/mol. The van der Waals surface area contributed by atoms with Crippen LogP contribution >= 0.6 is 11.6 Å². The number of hydrazine groups is 1. The molecule has 0 spiro atoms. The molecule has 3 N–H and O–H groups in total. The zero-order chi connectivity index (χ0) is 14.7. The minimum absolute atomic E-state index is 0.164. The van der Waals surface area contributed by atoms with Crippen LogP contribution < -0.4 is 11.3 Å². The summed E-state index contributed by atoms with van der Waals surface area (Å²) in [4.78, 5) is 0. The van der Waals surface area contributed by atoms with Crippen molar-refractivity contribution in [3.63, 3.8) is 0 Å². The first-order valence-corrected chi connectivity index (χ1v) is 7.81. The van der Waals surface area contributed by atoms with Crippen LogP contribution in [0.25, 0.3) is 0 Å². The van der Waals surface area contributed by atoms with Crippen molar-refractivity contribution in [1.29, 1.82) is 0 Å². The second-order valence-electron chi connectivity index (χ2n) is 5.38. The smallest absolute Gasteiger partial charge is 0.0850 e. The number of ether oxygens (including phenoxy) is 1. The standard InChI is InChI=1S/C14H25ClN4O/c1-4-11-14(15)13(19(5-2)18-11)8-12(17-16)10-6-7-20-9(10)3/h9-10,12,17H,4-8,16H2,1-3H3. The Labute approximate surface area is 125 Å². The number of hydrogen-bond donors (Lipinski definition) is 2. The minimum Gasteiger partial charge on any atom is -0.378 e. The Kier molecular flexibility index (Phi) is 5.43. The maximum absolute atomic E-state index is 6.47. The molecule has 1 aromatic rings. The fourth-order valence-corrected chi connectivity index (χ4v) is 3.38. The summed E-state index contributed by atoms with van der Waals surface area (Å²) in [6.07, 6.45) is 2.91. The molecule has 114 valence electrons. The van der Waals surface area contributed by atoms with Gasteiger partial charge in [-0.25, -0.2) is 0 Å². The molecule has 0 radical (unpaired) electrons. The molecule has 5 nitrogen and oxygen atoms in total. The fraction of sp³-hybridized carbons (Fsp3) is 0.786. The first-order valence-electron chi connectivity index (χ1n) is 7.44. The Morgan fingerprint density at radius 2 is 2.30 bits per heavy atom. The van der Waals surface area contributed by atoms with Crippen LogP contribution in [-0.2, 0) is 24.1 Å². The van der Waals surface area contributed by atoms with E-state index in [0.29, 0.717) is 5.92 Å². The summed E-state index contributed by atoms with van der Waals surface area (Å²) >= 11 is 6.47. The molecule has 1 saturated heterocycles. The normalized spacial score (nSPS) is 24.2. The van der Waals surface area contributed by atoms with Gasteiger partial charge in [0.25, 0.3) is 0 Å². The highest BCUT2D eigenvalue weighted by Gasteiger charge is 2.32. The van der Waals surface area contributed by atoms with Crippen molar-refractivity contribution in [2.24, 2.45) is 11.8 Å². The minimum atomic E-state index is 0.164. The van der Waals surface area contributed by atoms with E-state index in [2.05, 4.69) is 31.3 Å². The van der Waals surface area contributed by atoms with E-state index in [-0.39, 0.29) is 12.1 Å². The van der Waals surface area contributed by atoms with Crippen LogP contribution in [0.15, 0.2) is 0 Å². The van der Waals surface area contributed by atoms with Crippen LogP contribution in [0, 0.1) is 5.92 Å². The van der Waals surface area contributed by atoms with Gasteiger partial charge in [0, 0.05) is 31.5 Å². The predicted molar refractivity (Wildman–Crippen MR) is 80.6 cm³/mol. The average molecular weight is 301 g/mol. The van der Waals surface area contributed by atoms with E-state index in [1.165, 1.54) is 0 Å². The number of aryl methyl sites for hydroxylation is 2. The van der Waals surface area contributed by atoms with Gasteiger partial charge in [0.2, 0.25) is 0 Å². The van der Waals surface area contributed by atoms with E-state index in [9.17, 15) is 0 Å². The van der Waals surface area contributed by atoms with E-state index < -0.39 is 0 Å². The van der Waals surface area contributed by atoms with E-state index in [4.69, 9.17) is 22.2 Å². The molecule has 1 fully saturated rings. The molecule has 0 saturated carbocycles. The lowest BCUT2D eigenvalue weighted by atomic mass is 9.90. The number of halogens is 1. The van der Waals surface area contributed by atoms with E-state index >= 15 is 0 Å². The van der Waals surface area contributed by atoms with Gasteiger partial charge in [-0.05, 0) is 26.7 Å². The molecule has 1 aliphatic rings. The van der Waals surface area contributed by atoms with Crippen molar-refractivity contribution in [3.05, 3.63) is 16.4 Å². The van der Waals surface area contributed by atoms with E-state index in [0.717, 1.165) is 48.8 Å². The van der Waals surface area contributed by atoms with Crippen LogP contribution in [0.3, 0.4) is 0 Å². The van der Waals surface area contributed by atoms with Crippen LogP contribution in [0.4, 0.5) is 0 Å². The largest absolute Gasteiger partial charge is 0.378 e. The number of hydrogen-bond acceptors (Lipinski definition) is 4. The summed E-state index contributed by atoms with van der Waals surface area (Å²) in [5.41, 5.74) is 4.99. The summed E-state index contributed by atoms with van der Waals surface area (Å²) in [7, 11) is 0. The summed E-state index contributed by atoms with van der Waals surface area (Å²) in [6, 6.07) is 0.164. The van der Waals surface area contributed by atoms with Gasteiger partial charge in [-0.1, -0.05) is 18.5 Å². The third kappa shape index (κ3) is 3.01. The third-order valence-corrected chi connectivity index (χ3v) is 4.71. The number of nitrogens with zero attached hydrogens (tertiary/aromatic N) is 2. The molecule has 0 amide bonds. The summed E-state index contributed by atoms with van der Waals surface area (Å²) < 4.78 is 7.64. The maximum Gasteiger partial charge on any atom is 0.0850 e. The second-order valence-corrected chi connectivity index (χ2v) is 5.76. The van der Waals surface area contributed by atoms with Crippen molar-refractivity contribution < 1.29 is 4.74 Å². The molecule has 0 aliphatic carbocycles. The quantitative estimate of drug-likeness (QED) is 0.622. The molecule has 2 rings (SSSR count). The van der Waals surface area contributed by atoms with Gasteiger partial charge >= 0.3 is 0 Å². The number of nitrogens with two attached hydrogens (primary N) is 1. The van der Waals surface area contributed by atoms with Gasteiger partial charge < -0.3 is 4.74 Å². The van der Waals surface area contributed by atoms with Gasteiger partial charge in [0.05, 0.1) is 22.5 Å². The number of nitrogens with one attached hydrogen (secondary N) is 1. The summed E-state index contributed by atoms with van der Waals surface area (Å²) in [6.45, 7) is 7.90. The van der Waals surface area contributed by atoms with Crippen LogP contribution in [0.2, 0.25) is 5.02 Å². The third-order valence-electron chi connectivity index (χ3n) is 4.27. The highest BCUT2D eigenvalue weighted by atomic mass is 35.5. The topological polar surface area (TPSA) is 65.1 Å². The SMILES string of the molecule is CCc1nn(CC)c(CC(NN)C2CCOC2C)c1Cl. The zero-order valence-electron chi connectivity index (χ0n) is 12.5.